The summed E-state index contributed by atoms with van der Waals surface area (Å²) in [6, 6.07) is 28.1. The van der Waals surface area contributed by atoms with Crippen LogP contribution >= 0.6 is 0 Å². The predicted molar refractivity (Wildman–Crippen MR) is 125 cm³/mol. The summed E-state index contributed by atoms with van der Waals surface area (Å²) < 4.78 is 17.2. The van der Waals surface area contributed by atoms with Crippen LogP contribution in [0.4, 0.5) is 0 Å². The van der Waals surface area contributed by atoms with Crippen LogP contribution < -0.4 is 14.2 Å². The third-order valence-corrected chi connectivity index (χ3v) is 5.03. The molecule has 4 rings (SSSR count). The maximum Gasteiger partial charge on any atom is 0.339 e. The number of nitrogens with zero attached hydrogens (tertiary/aromatic N) is 1. The van der Waals surface area contributed by atoms with Crippen LogP contribution in [-0.2, 0) is 13.2 Å². The van der Waals surface area contributed by atoms with E-state index in [0.717, 1.165) is 16.7 Å². The highest BCUT2D eigenvalue weighted by molar-refractivity contribution is 5.92. The van der Waals surface area contributed by atoms with Gasteiger partial charge in [0.1, 0.15) is 24.5 Å². The van der Waals surface area contributed by atoms with Crippen LogP contribution in [0.15, 0.2) is 91.0 Å². The molecule has 4 aromatic rings. The molecule has 0 atom stereocenters. The van der Waals surface area contributed by atoms with E-state index >= 15 is 0 Å². The summed E-state index contributed by atoms with van der Waals surface area (Å²) in [7, 11) is 1.44. The smallest absolute Gasteiger partial charge is 0.339 e. The molecule has 0 aliphatic rings. The van der Waals surface area contributed by atoms with Crippen molar-refractivity contribution in [3.05, 3.63) is 108 Å². The maximum atomic E-state index is 11.5. The van der Waals surface area contributed by atoms with Crippen LogP contribution in [0.25, 0.3) is 11.1 Å². The summed E-state index contributed by atoms with van der Waals surface area (Å²) >= 11 is 0. The van der Waals surface area contributed by atoms with Crippen LogP contribution in [0.1, 0.15) is 21.5 Å². The van der Waals surface area contributed by atoms with E-state index in [1.807, 2.05) is 66.7 Å². The first-order valence-corrected chi connectivity index (χ1v) is 10.4. The Balaban J connectivity index is 1.65. The van der Waals surface area contributed by atoms with Crippen molar-refractivity contribution in [1.29, 1.82) is 0 Å². The van der Waals surface area contributed by atoms with Crippen molar-refractivity contribution in [2.24, 2.45) is 0 Å². The number of hydrogen-bond acceptors (Lipinski definition) is 5. The lowest BCUT2D eigenvalue weighted by atomic mass is 10.0. The minimum atomic E-state index is -1.05. The normalized spacial score (nSPS) is 10.5. The number of benzene rings is 3. The van der Waals surface area contributed by atoms with Gasteiger partial charge < -0.3 is 19.3 Å². The SMILES string of the molecule is COc1cc(-c2ccc(OCc3ccccc3)nc2OCc2ccccc2)ccc1C(=O)O. The number of hydrogen-bond donors (Lipinski definition) is 1. The molecule has 1 aromatic heterocycles. The highest BCUT2D eigenvalue weighted by Gasteiger charge is 2.16. The number of carbonyl (C=O) groups is 1. The van der Waals surface area contributed by atoms with E-state index in [9.17, 15) is 9.90 Å². The fourth-order valence-electron chi connectivity index (χ4n) is 3.33. The third-order valence-electron chi connectivity index (χ3n) is 5.03. The minimum Gasteiger partial charge on any atom is -0.496 e. The molecule has 33 heavy (non-hydrogen) atoms. The molecule has 0 spiro atoms. The van der Waals surface area contributed by atoms with E-state index in [2.05, 4.69) is 4.98 Å². The van der Waals surface area contributed by atoms with E-state index in [1.54, 1.807) is 18.2 Å². The molecule has 0 saturated carbocycles. The summed E-state index contributed by atoms with van der Waals surface area (Å²) in [5.74, 6) is 0.0227. The first kappa shape index (κ1) is 21.9. The Hall–Kier alpha value is -4.32. The van der Waals surface area contributed by atoms with Crippen molar-refractivity contribution in [3.63, 3.8) is 0 Å². The number of rotatable bonds is 9. The van der Waals surface area contributed by atoms with E-state index in [0.29, 0.717) is 30.5 Å². The van der Waals surface area contributed by atoms with Crippen molar-refractivity contribution in [2.45, 2.75) is 13.2 Å². The average molecular weight is 441 g/mol. The van der Waals surface area contributed by atoms with Gasteiger partial charge in [-0.15, -0.1) is 0 Å². The predicted octanol–water partition coefficient (Wildman–Crippen LogP) is 5.61. The van der Waals surface area contributed by atoms with Gasteiger partial charge in [-0.1, -0.05) is 66.7 Å². The van der Waals surface area contributed by atoms with E-state index < -0.39 is 5.97 Å². The van der Waals surface area contributed by atoms with Crippen molar-refractivity contribution in [1.82, 2.24) is 4.98 Å². The van der Waals surface area contributed by atoms with Crippen molar-refractivity contribution < 1.29 is 24.1 Å². The second-order valence-corrected chi connectivity index (χ2v) is 7.27. The van der Waals surface area contributed by atoms with Crippen molar-refractivity contribution >= 4 is 5.97 Å². The largest absolute Gasteiger partial charge is 0.496 e. The Morgan fingerprint density at radius 3 is 2.06 bits per heavy atom. The van der Waals surface area contributed by atoms with E-state index in [1.165, 1.54) is 13.2 Å². The van der Waals surface area contributed by atoms with E-state index in [4.69, 9.17) is 14.2 Å². The molecule has 6 heteroatoms. The fraction of sp³-hybridized carbons (Fsp3) is 0.111. The number of carboxylic acid groups (broad SMARTS) is 1. The Labute approximate surface area is 192 Å². The number of carboxylic acids is 1. The number of methoxy groups -OCH3 is 1. The first-order chi connectivity index (χ1) is 16.1. The molecule has 3 aromatic carbocycles. The summed E-state index contributed by atoms with van der Waals surface area (Å²) in [6.07, 6.45) is 0. The fourth-order valence-corrected chi connectivity index (χ4v) is 3.33. The molecular weight excluding hydrogens is 418 g/mol. The Morgan fingerprint density at radius 2 is 1.45 bits per heavy atom. The van der Waals surface area contributed by atoms with Gasteiger partial charge in [-0.25, -0.2) is 4.79 Å². The number of aromatic carboxylic acids is 1. The average Bonchev–Trinajstić information content (AvgIpc) is 2.87. The van der Waals surface area contributed by atoms with Gasteiger partial charge in [0.05, 0.1) is 7.11 Å². The summed E-state index contributed by atoms with van der Waals surface area (Å²) in [5, 5.41) is 9.38. The maximum absolute atomic E-state index is 11.5. The van der Waals surface area contributed by atoms with Gasteiger partial charge in [0.15, 0.2) is 0 Å². The third kappa shape index (κ3) is 5.49. The second-order valence-electron chi connectivity index (χ2n) is 7.27. The van der Waals surface area contributed by atoms with Gasteiger partial charge in [-0.05, 0) is 34.9 Å². The monoisotopic (exact) mass is 441 g/mol. The molecule has 0 fully saturated rings. The molecule has 0 radical (unpaired) electrons. The van der Waals surface area contributed by atoms with Gasteiger partial charge in [-0.3, -0.25) is 0 Å². The van der Waals surface area contributed by atoms with Crippen LogP contribution in [0.2, 0.25) is 0 Å². The molecule has 0 bridgehead atoms. The summed E-state index contributed by atoms with van der Waals surface area (Å²) in [6.45, 7) is 0.708. The summed E-state index contributed by atoms with van der Waals surface area (Å²) in [5.41, 5.74) is 3.54. The minimum absolute atomic E-state index is 0.0868. The van der Waals surface area contributed by atoms with Crippen LogP contribution in [-0.4, -0.2) is 23.2 Å². The zero-order valence-electron chi connectivity index (χ0n) is 18.1. The topological polar surface area (TPSA) is 77.9 Å². The van der Waals surface area contributed by atoms with Crippen molar-refractivity contribution in [3.8, 4) is 28.6 Å². The number of ether oxygens (including phenoxy) is 3. The number of pyridine rings is 1. The molecular formula is C27H23NO5. The van der Waals surface area contributed by atoms with Crippen LogP contribution in [0.3, 0.4) is 0 Å². The molecule has 0 aliphatic heterocycles. The molecule has 166 valence electrons. The molecule has 0 unspecified atom stereocenters. The molecule has 1 N–H and O–H groups in total. The highest BCUT2D eigenvalue weighted by atomic mass is 16.5. The molecule has 0 saturated heterocycles. The lowest BCUT2D eigenvalue weighted by Gasteiger charge is -2.14. The molecule has 1 heterocycles. The van der Waals surface area contributed by atoms with Crippen molar-refractivity contribution in [2.75, 3.05) is 7.11 Å². The van der Waals surface area contributed by atoms with Crippen LogP contribution in [0, 0.1) is 0 Å². The lowest BCUT2D eigenvalue weighted by Crippen LogP contribution is -2.03. The zero-order chi connectivity index (χ0) is 23.0. The van der Waals surface area contributed by atoms with Gasteiger partial charge in [0.2, 0.25) is 11.8 Å². The van der Waals surface area contributed by atoms with Gasteiger partial charge >= 0.3 is 5.97 Å². The Morgan fingerprint density at radius 1 is 0.818 bits per heavy atom. The van der Waals surface area contributed by atoms with Gasteiger partial charge in [-0.2, -0.15) is 4.98 Å². The van der Waals surface area contributed by atoms with E-state index in [-0.39, 0.29) is 11.3 Å². The molecule has 6 nitrogen and oxygen atoms in total. The molecule has 0 amide bonds. The first-order valence-electron chi connectivity index (χ1n) is 10.4. The Bertz CT molecular complexity index is 1230. The van der Waals surface area contributed by atoms with Crippen LogP contribution in [0.5, 0.6) is 17.5 Å². The second kappa shape index (κ2) is 10.3. The lowest BCUT2D eigenvalue weighted by molar-refractivity contribution is 0.0693. The zero-order valence-corrected chi connectivity index (χ0v) is 18.1. The summed E-state index contributed by atoms with van der Waals surface area (Å²) in [4.78, 5) is 16.0. The number of aromatic nitrogens is 1. The Kier molecular flexibility index (Phi) is 6.85. The molecule has 0 aliphatic carbocycles. The highest BCUT2D eigenvalue weighted by Crippen LogP contribution is 2.34. The quantitative estimate of drug-likeness (QED) is 0.364. The van der Waals surface area contributed by atoms with Gasteiger partial charge in [0.25, 0.3) is 0 Å². The standard InChI is InChI=1S/C27H23NO5/c1-31-24-16-21(12-13-23(24)27(29)30)22-14-15-25(32-17-19-8-4-2-5-9-19)28-26(22)33-18-20-10-6-3-7-11-20/h2-16H,17-18H2,1H3,(H,29,30). The van der Waals surface area contributed by atoms with Gasteiger partial charge in [0, 0.05) is 11.6 Å².